The number of anilines is 1. The smallest absolute Gasteiger partial charge is 0.337 e. The lowest BCUT2D eigenvalue weighted by Gasteiger charge is -2.17. The van der Waals surface area contributed by atoms with Crippen LogP contribution in [0.2, 0.25) is 5.02 Å². The maximum Gasteiger partial charge on any atom is 0.337 e. The quantitative estimate of drug-likeness (QED) is 0.160. The molecule has 5 aromatic rings. The molecule has 0 saturated heterocycles. The highest BCUT2D eigenvalue weighted by Gasteiger charge is 2.22. The summed E-state index contributed by atoms with van der Waals surface area (Å²) >= 11 is 6.55. The first-order valence-corrected chi connectivity index (χ1v) is 15.8. The zero-order valence-electron chi connectivity index (χ0n) is 27.8. The predicted molar refractivity (Wildman–Crippen MR) is 187 cm³/mol. The van der Waals surface area contributed by atoms with Gasteiger partial charge in [-0.05, 0) is 54.8 Å². The van der Waals surface area contributed by atoms with Crippen LogP contribution in [0.4, 0.5) is 10.6 Å². The second-order valence-corrected chi connectivity index (χ2v) is 12.8. The average molecular weight is 668 g/mol. The fraction of sp³-hybridized carbons (Fsp3) is 0.243. The molecule has 0 bridgehead atoms. The van der Waals surface area contributed by atoms with Gasteiger partial charge in [0.05, 0.1) is 29.7 Å². The van der Waals surface area contributed by atoms with Crippen LogP contribution in [0.25, 0.3) is 11.4 Å². The van der Waals surface area contributed by atoms with Crippen molar-refractivity contribution in [2.45, 2.75) is 53.2 Å². The number of nitrogens with one attached hydrogen (secondary N) is 2. The van der Waals surface area contributed by atoms with Gasteiger partial charge in [0.2, 0.25) is 0 Å². The third kappa shape index (κ3) is 7.44. The van der Waals surface area contributed by atoms with Crippen molar-refractivity contribution in [3.63, 3.8) is 0 Å². The second-order valence-electron chi connectivity index (χ2n) is 12.4. The van der Waals surface area contributed by atoms with E-state index in [9.17, 15) is 14.4 Å². The maximum absolute atomic E-state index is 13.5. The van der Waals surface area contributed by atoms with E-state index in [2.05, 4.69) is 31.4 Å². The van der Waals surface area contributed by atoms with Gasteiger partial charge in [0.1, 0.15) is 23.2 Å². The first-order valence-electron chi connectivity index (χ1n) is 15.4. The van der Waals surface area contributed by atoms with Crippen LogP contribution in [0.5, 0.6) is 5.75 Å². The number of carbonyl (C=O) groups is 2. The average Bonchev–Trinajstić information content (AvgIpc) is 3.50. The number of aryl methyl sites for hydroxylation is 2. The Morgan fingerprint density at radius 1 is 0.917 bits per heavy atom. The molecule has 2 heterocycles. The topological polar surface area (TPSA) is 116 Å². The number of amides is 2. The molecule has 0 atom stereocenters. The number of esters is 1. The molecule has 0 fully saturated rings. The van der Waals surface area contributed by atoms with Crippen molar-refractivity contribution in [3.8, 4) is 17.1 Å². The van der Waals surface area contributed by atoms with Crippen molar-refractivity contribution in [1.29, 1.82) is 0 Å². The van der Waals surface area contributed by atoms with Gasteiger partial charge in [-0.3, -0.25) is 14.7 Å². The van der Waals surface area contributed by atoms with Gasteiger partial charge in [-0.2, -0.15) is 5.10 Å². The molecular weight excluding hydrogens is 630 g/mol. The number of para-hydroxylation sites is 1. The number of rotatable bonds is 9. The highest BCUT2D eigenvalue weighted by Crippen LogP contribution is 2.28. The SMILES string of the molecule is COC(=O)c1ccc(C)c(-n2c(C)cc(OCc3ccccc3CNC(=O)Nc3cc(C(C)(C)C)nn3-c3ccccc3)c(Cl)c2=O)c1. The number of aromatic nitrogens is 3. The molecule has 11 heteroatoms. The highest BCUT2D eigenvalue weighted by atomic mass is 35.5. The molecule has 0 radical (unpaired) electrons. The summed E-state index contributed by atoms with van der Waals surface area (Å²) in [5, 5.41) is 10.5. The summed E-state index contributed by atoms with van der Waals surface area (Å²) in [7, 11) is 1.30. The molecule has 0 saturated carbocycles. The molecule has 0 aliphatic rings. The Labute approximate surface area is 284 Å². The van der Waals surface area contributed by atoms with E-state index in [1.165, 1.54) is 11.7 Å². The lowest BCUT2D eigenvalue weighted by Crippen LogP contribution is -2.29. The number of benzene rings is 3. The second kappa shape index (κ2) is 14.2. The van der Waals surface area contributed by atoms with E-state index in [4.69, 9.17) is 26.2 Å². The molecule has 48 heavy (non-hydrogen) atoms. The third-order valence-corrected chi connectivity index (χ3v) is 8.18. The summed E-state index contributed by atoms with van der Waals surface area (Å²) in [6.07, 6.45) is 0. The number of carbonyl (C=O) groups excluding carboxylic acids is 2. The van der Waals surface area contributed by atoms with Crippen LogP contribution < -0.4 is 20.9 Å². The summed E-state index contributed by atoms with van der Waals surface area (Å²) in [5.41, 5.74) is 4.80. The van der Waals surface area contributed by atoms with Crippen LogP contribution in [-0.2, 0) is 23.3 Å². The zero-order valence-corrected chi connectivity index (χ0v) is 28.5. The van der Waals surface area contributed by atoms with E-state index in [1.807, 2.05) is 67.6 Å². The number of ether oxygens (including phenoxy) is 2. The molecule has 0 aliphatic carbocycles. The van der Waals surface area contributed by atoms with Gasteiger partial charge in [-0.25, -0.2) is 14.3 Å². The molecule has 2 amide bonds. The van der Waals surface area contributed by atoms with Gasteiger partial charge in [-0.1, -0.05) is 80.9 Å². The van der Waals surface area contributed by atoms with E-state index >= 15 is 0 Å². The Bertz CT molecular complexity index is 2030. The maximum atomic E-state index is 13.5. The fourth-order valence-electron chi connectivity index (χ4n) is 5.15. The van der Waals surface area contributed by atoms with Gasteiger partial charge in [0.15, 0.2) is 0 Å². The normalized spacial score (nSPS) is 11.2. The minimum Gasteiger partial charge on any atom is -0.487 e. The van der Waals surface area contributed by atoms with Crippen LogP contribution in [0, 0.1) is 13.8 Å². The fourth-order valence-corrected chi connectivity index (χ4v) is 5.34. The summed E-state index contributed by atoms with van der Waals surface area (Å²) in [6.45, 7) is 10.1. The molecule has 2 aromatic heterocycles. The molecule has 0 spiro atoms. The number of hydrogen-bond donors (Lipinski definition) is 2. The van der Waals surface area contributed by atoms with Crippen LogP contribution in [-0.4, -0.2) is 33.5 Å². The summed E-state index contributed by atoms with van der Waals surface area (Å²) in [4.78, 5) is 38.7. The first-order chi connectivity index (χ1) is 22.9. The van der Waals surface area contributed by atoms with Crippen LogP contribution in [0.3, 0.4) is 0 Å². The Morgan fingerprint density at radius 3 is 2.29 bits per heavy atom. The van der Waals surface area contributed by atoms with Gasteiger partial charge >= 0.3 is 12.0 Å². The standard InChI is InChI=1S/C37H38ClN5O5/c1-23-16-17-25(35(45)47-6)19-29(23)42-24(2)18-30(33(38)34(42)44)48-22-27-13-11-10-12-26(27)21-39-36(46)40-32-20-31(37(3,4)5)41-43(32)28-14-8-7-9-15-28/h7-20H,21-22H2,1-6H3,(H2,39,40,46). The summed E-state index contributed by atoms with van der Waals surface area (Å²) in [6, 6.07) is 25.3. The first kappa shape index (κ1) is 34.0. The Kier molecular flexibility index (Phi) is 10.0. The molecule has 0 unspecified atom stereocenters. The van der Waals surface area contributed by atoms with Crippen LogP contribution in [0.1, 0.15) is 59.2 Å². The summed E-state index contributed by atoms with van der Waals surface area (Å²) in [5.74, 6) is 0.265. The molecule has 3 aromatic carbocycles. The van der Waals surface area contributed by atoms with E-state index < -0.39 is 17.6 Å². The number of urea groups is 1. The monoisotopic (exact) mass is 667 g/mol. The van der Waals surface area contributed by atoms with Gasteiger partial charge in [-0.15, -0.1) is 0 Å². The van der Waals surface area contributed by atoms with Gasteiger partial charge in [0.25, 0.3) is 5.56 Å². The van der Waals surface area contributed by atoms with E-state index in [1.54, 1.807) is 35.9 Å². The van der Waals surface area contributed by atoms with Crippen molar-refractivity contribution in [3.05, 3.63) is 134 Å². The largest absolute Gasteiger partial charge is 0.487 e. The van der Waals surface area contributed by atoms with Gasteiger partial charge < -0.3 is 14.8 Å². The van der Waals surface area contributed by atoms with Crippen LogP contribution in [0.15, 0.2) is 89.7 Å². The van der Waals surface area contributed by atoms with E-state index in [-0.39, 0.29) is 29.3 Å². The van der Waals surface area contributed by atoms with E-state index in [0.717, 1.165) is 28.1 Å². The van der Waals surface area contributed by atoms with Crippen molar-refractivity contribution in [2.24, 2.45) is 0 Å². The lowest BCUT2D eigenvalue weighted by molar-refractivity contribution is 0.0600. The van der Waals surface area contributed by atoms with Crippen LogP contribution >= 0.6 is 11.6 Å². The number of hydrogen-bond acceptors (Lipinski definition) is 6. The van der Waals surface area contributed by atoms with Crippen molar-refractivity contribution >= 4 is 29.4 Å². The molecular formula is C37H38ClN5O5. The summed E-state index contributed by atoms with van der Waals surface area (Å²) < 4.78 is 14.1. The molecule has 248 valence electrons. The Balaban J connectivity index is 1.31. The Morgan fingerprint density at radius 2 is 1.60 bits per heavy atom. The molecule has 2 N–H and O–H groups in total. The van der Waals surface area contributed by atoms with Crippen molar-refractivity contribution in [2.75, 3.05) is 12.4 Å². The zero-order chi connectivity index (χ0) is 34.6. The third-order valence-electron chi connectivity index (χ3n) is 7.83. The lowest BCUT2D eigenvalue weighted by atomic mass is 9.92. The number of halogens is 1. The number of pyridine rings is 1. The van der Waals surface area contributed by atoms with E-state index in [0.29, 0.717) is 22.8 Å². The minimum atomic E-state index is -0.507. The molecule has 10 nitrogen and oxygen atoms in total. The highest BCUT2D eigenvalue weighted by molar-refractivity contribution is 6.31. The number of nitrogens with zero attached hydrogens (tertiary/aromatic N) is 3. The molecule has 5 rings (SSSR count). The Hall–Kier alpha value is -5.35. The number of methoxy groups -OCH3 is 1. The predicted octanol–water partition coefficient (Wildman–Crippen LogP) is 7.28. The molecule has 0 aliphatic heterocycles. The van der Waals surface area contributed by atoms with Gasteiger partial charge in [0, 0.05) is 29.8 Å². The van der Waals surface area contributed by atoms with Crippen molar-refractivity contribution in [1.82, 2.24) is 19.7 Å². The van der Waals surface area contributed by atoms with Crippen molar-refractivity contribution < 1.29 is 19.1 Å². The minimum absolute atomic E-state index is 0.0943.